The van der Waals surface area contributed by atoms with Gasteiger partial charge in [0.1, 0.15) is 5.75 Å². The van der Waals surface area contributed by atoms with Gasteiger partial charge in [0, 0.05) is 18.9 Å². The molecule has 0 atom stereocenters. The summed E-state index contributed by atoms with van der Waals surface area (Å²) < 4.78 is 28.3. The smallest absolute Gasteiger partial charge is 0.255 e. The number of nitrogens with two attached hydrogens (primary N) is 1. The van der Waals surface area contributed by atoms with E-state index in [4.69, 9.17) is 5.73 Å². The van der Waals surface area contributed by atoms with Crippen LogP contribution in [-0.4, -0.2) is 42.5 Å². The first-order valence-electron chi connectivity index (χ1n) is 11.6. The number of H-pyrrole nitrogens is 1. The minimum atomic E-state index is -0.985. The zero-order valence-electron chi connectivity index (χ0n) is 19.5. The number of carbonyl (C=O) groups is 1. The summed E-state index contributed by atoms with van der Waals surface area (Å²) in [5, 5.41) is 21.3. The Kier molecular flexibility index (Phi) is 7.89. The molecular weight excluding hydrogens is 468 g/mol. The molecule has 2 heterocycles. The van der Waals surface area contributed by atoms with Crippen molar-refractivity contribution in [3.63, 3.8) is 0 Å². The third-order valence-corrected chi connectivity index (χ3v) is 5.72. The van der Waals surface area contributed by atoms with Gasteiger partial charge in [-0.25, -0.2) is 13.8 Å². The van der Waals surface area contributed by atoms with Crippen LogP contribution in [0.25, 0.3) is 11.1 Å². The number of aromatic hydroxyl groups is 1. The van der Waals surface area contributed by atoms with Gasteiger partial charge in [0.05, 0.1) is 23.5 Å². The Hall–Kier alpha value is -4.28. The van der Waals surface area contributed by atoms with Gasteiger partial charge in [0.2, 0.25) is 0 Å². The number of nitrogen functional groups attached to an aromatic ring is 1. The van der Waals surface area contributed by atoms with E-state index in [9.17, 15) is 18.7 Å². The number of aromatic nitrogens is 5. The topological polar surface area (TPSA) is 135 Å². The molecule has 0 aliphatic carbocycles. The highest BCUT2D eigenvalue weighted by atomic mass is 19.2. The fourth-order valence-electron chi connectivity index (χ4n) is 3.81. The van der Waals surface area contributed by atoms with Crippen LogP contribution in [0.4, 0.5) is 14.7 Å². The number of hydrogen-bond acceptors (Lipinski definition) is 6. The molecule has 0 aliphatic heterocycles. The number of aryl methyl sites for hydroxylation is 2. The third kappa shape index (κ3) is 6.44. The van der Waals surface area contributed by atoms with E-state index in [0.717, 1.165) is 55.6 Å². The number of rotatable bonds is 11. The van der Waals surface area contributed by atoms with E-state index in [2.05, 4.69) is 25.6 Å². The Morgan fingerprint density at radius 2 is 1.78 bits per heavy atom. The van der Waals surface area contributed by atoms with Gasteiger partial charge in [0.15, 0.2) is 17.6 Å². The largest absolute Gasteiger partial charge is 0.507 e. The summed E-state index contributed by atoms with van der Waals surface area (Å²) in [5.74, 6) is -2.21. The normalized spacial score (nSPS) is 11.1. The average molecular weight is 496 g/mol. The summed E-state index contributed by atoms with van der Waals surface area (Å²) in [6, 6.07) is 7.79. The lowest BCUT2D eigenvalue weighted by Gasteiger charge is -2.09. The van der Waals surface area contributed by atoms with Crippen LogP contribution < -0.4 is 11.1 Å². The number of nitrogens with zero attached hydrogens (tertiary/aromatic N) is 4. The van der Waals surface area contributed by atoms with E-state index in [1.807, 2.05) is 12.4 Å². The Morgan fingerprint density at radius 3 is 2.50 bits per heavy atom. The van der Waals surface area contributed by atoms with Crippen LogP contribution in [0.5, 0.6) is 5.75 Å². The van der Waals surface area contributed by atoms with Crippen molar-refractivity contribution in [1.82, 2.24) is 30.3 Å². The number of benzene rings is 2. The molecule has 11 heteroatoms. The molecule has 188 valence electrons. The monoisotopic (exact) mass is 495 g/mol. The van der Waals surface area contributed by atoms with Crippen LogP contribution in [-0.2, 0) is 19.4 Å². The predicted octanol–water partition coefficient (Wildman–Crippen LogP) is 3.62. The lowest BCUT2D eigenvalue weighted by molar-refractivity contribution is 0.0949. The molecule has 9 nitrogen and oxygen atoms in total. The van der Waals surface area contributed by atoms with Gasteiger partial charge in [-0.05, 0) is 61.1 Å². The van der Waals surface area contributed by atoms with Crippen molar-refractivity contribution in [3.05, 3.63) is 77.4 Å². The van der Waals surface area contributed by atoms with Crippen molar-refractivity contribution in [3.8, 4) is 16.9 Å². The number of phenols is 1. The molecule has 0 saturated heterocycles. The molecule has 4 rings (SSSR count). The van der Waals surface area contributed by atoms with E-state index in [1.165, 1.54) is 18.2 Å². The van der Waals surface area contributed by atoms with Crippen molar-refractivity contribution < 1.29 is 18.7 Å². The standard InChI is InChI=1S/C25H27F2N7O2/c26-21-9-7-16(12-22(21)27)17-6-8-20(23(35)13-17)24(36)29-10-11-34-15-19(32-33-34)5-3-1-2-4-18-14-30-25(28)31-18/h6-9,12-15,35H,1-5,10-11H2,(H,29,36)(H3,28,30,31). The lowest BCUT2D eigenvalue weighted by atomic mass is 10.0. The molecule has 0 radical (unpaired) electrons. The number of unbranched alkanes of at least 4 members (excludes halogenated alkanes) is 2. The van der Waals surface area contributed by atoms with E-state index < -0.39 is 17.5 Å². The molecular formula is C25H27F2N7O2. The highest BCUT2D eigenvalue weighted by molar-refractivity contribution is 5.97. The van der Waals surface area contributed by atoms with E-state index in [1.54, 1.807) is 10.7 Å². The maximum atomic E-state index is 13.5. The number of nitrogens with one attached hydrogen (secondary N) is 2. The van der Waals surface area contributed by atoms with Crippen molar-refractivity contribution in [2.24, 2.45) is 0 Å². The minimum absolute atomic E-state index is 0.0816. The number of amides is 1. The number of hydrogen-bond donors (Lipinski definition) is 4. The Labute approximate surface area is 206 Å². The zero-order valence-corrected chi connectivity index (χ0v) is 19.5. The van der Waals surface area contributed by atoms with Gasteiger partial charge in [-0.15, -0.1) is 5.10 Å². The van der Waals surface area contributed by atoms with Crippen molar-refractivity contribution in [2.75, 3.05) is 12.3 Å². The first-order valence-corrected chi connectivity index (χ1v) is 11.6. The fraction of sp³-hybridized carbons (Fsp3) is 0.280. The SMILES string of the molecule is Nc1nc(CCCCCc2cn(CCNC(=O)c3ccc(-c4ccc(F)c(F)c4)cc3O)nn2)c[nH]1. The summed E-state index contributed by atoms with van der Waals surface area (Å²) in [7, 11) is 0. The maximum absolute atomic E-state index is 13.5. The van der Waals surface area contributed by atoms with Crippen molar-refractivity contribution in [1.29, 1.82) is 0 Å². The van der Waals surface area contributed by atoms with Crippen LogP contribution in [0.3, 0.4) is 0 Å². The van der Waals surface area contributed by atoms with E-state index in [0.29, 0.717) is 30.2 Å². The first kappa shape index (κ1) is 24.8. The molecule has 36 heavy (non-hydrogen) atoms. The first-order chi connectivity index (χ1) is 17.4. The van der Waals surface area contributed by atoms with Gasteiger partial charge < -0.3 is 21.1 Å². The van der Waals surface area contributed by atoms with Crippen LogP contribution in [0.1, 0.15) is 41.0 Å². The van der Waals surface area contributed by atoms with Gasteiger partial charge in [0.25, 0.3) is 5.91 Å². The molecule has 4 aromatic rings. The van der Waals surface area contributed by atoms with Crippen LogP contribution >= 0.6 is 0 Å². The van der Waals surface area contributed by atoms with Gasteiger partial charge in [-0.3, -0.25) is 9.48 Å². The number of carbonyl (C=O) groups excluding carboxylic acids is 1. The lowest BCUT2D eigenvalue weighted by Crippen LogP contribution is -2.27. The number of phenolic OH excluding ortho intramolecular Hbond substituents is 1. The average Bonchev–Trinajstić information content (AvgIpc) is 3.49. The second-order valence-electron chi connectivity index (χ2n) is 8.43. The number of anilines is 1. The minimum Gasteiger partial charge on any atom is -0.507 e. The second-order valence-corrected chi connectivity index (χ2v) is 8.43. The Morgan fingerprint density at radius 1 is 1.03 bits per heavy atom. The molecule has 1 amide bonds. The van der Waals surface area contributed by atoms with Crippen LogP contribution in [0.15, 0.2) is 48.8 Å². The van der Waals surface area contributed by atoms with Crippen molar-refractivity contribution >= 4 is 11.9 Å². The van der Waals surface area contributed by atoms with Gasteiger partial charge in [-0.1, -0.05) is 23.8 Å². The summed E-state index contributed by atoms with van der Waals surface area (Å²) in [5.41, 5.74) is 8.35. The highest BCUT2D eigenvalue weighted by Gasteiger charge is 2.13. The van der Waals surface area contributed by atoms with Gasteiger partial charge >= 0.3 is 0 Å². The molecule has 0 spiro atoms. The number of aromatic amines is 1. The van der Waals surface area contributed by atoms with E-state index >= 15 is 0 Å². The quantitative estimate of drug-likeness (QED) is 0.235. The van der Waals surface area contributed by atoms with E-state index in [-0.39, 0.29) is 11.3 Å². The van der Waals surface area contributed by atoms with Crippen LogP contribution in [0, 0.1) is 11.6 Å². The molecule has 2 aromatic heterocycles. The molecule has 2 aromatic carbocycles. The highest BCUT2D eigenvalue weighted by Crippen LogP contribution is 2.27. The molecule has 0 saturated carbocycles. The summed E-state index contributed by atoms with van der Waals surface area (Å²) in [4.78, 5) is 19.5. The molecule has 0 unspecified atom stereocenters. The molecule has 0 aliphatic rings. The fourth-order valence-corrected chi connectivity index (χ4v) is 3.81. The number of imidazole rings is 1. The molecule has 0 bridgehead atoms. The molecule has 5 N–H and O–H groups in total. The Bertz CT molecular complexity index is 1340. The number of halogens is 2. The third-order valence-electron chi connectivity index (χ3n) is 5.72. The van der Waals surface area contributed by atoms with Crippen LogP contribution in [0.2, 0.25) is 0 Å². The predicted molar refractivity (Wildman–Crippen MR) is 130 cm³/mol. The molecule has 0 fully saturated rings. The zero-order chi connectivity index (χ0) is 25.5. The van der Waals surface area contributed by atoms with Crippen molar-refractivity contribution in [2.45, 2.75) is 38.6 Å². The second kappa shape index (κ2) is 11.4. The summed E-state index contributed by atoms with van der Waals surface area (Å²) >= 11 is 0. The Balaban J connectivity index is 1.20. The summed E-state index contributed by atoms with van der Waals surface area (Å²) in [6.45, 7) is 0.714. The van der Waals surface area contributed by atoms with Gasteiger partial charge in [-0.2, -0.15) is 0 Å². The summed E-state index contributed by atoms with van der Waals surface area (Å²) in [6.07, 6.45) is 8.40. The maximum Gasteiger partial charge on any atom is 0.255 e.